The van der Waals surface area contributed by atoms with Crippen LogP contribution in [0.2, 0.25) is 0 Å². The van der Waals surface area contributed by atoms with Gasteiger partial charge in [0.1, 0.15) is 11.5 Å². The van der Waals surface area contributed by atoms with E-state index in [2.05, 4.69) is 20.9 Å². The fraction of sp³-hybridized carbons (Fsp3) is 0.400. The third-order valence-electron chi connectivity index (χ3n) is 2.82. The molecule has 3 N–H and O–H groups in total. The van der Waals surface area contributed by atoms with Crippen molar-refractivity contribution in [2.45, 2.75) is 12.8 Å². The fourth-order valence-electron chi connectivity index (χ4n) is 1.56. The average molecular weight is 355 g/mol. The molecule has 1 rings (SSSR count). The van der Waals surface area contributed by atoms with Crippen molar-refractivity contribution in [2.75, 3.05) is 27.4 Å². The van der Waals surface area contributed by atoms with Gasteiger partial charge in [-0.1, -0.05) is 0 Å². The quantitative estimate of drug-likeness (QED) is 0.269. The summed E-state index contributed by atoms with van der Waals surface area (Å²) in [6, 6.07) is 6.87. The summed E-state index contributed by atoms with van der Waals surface area (Å²) in [7, 11) is 2.91. The van der Waals surface area contributed by atoms with E-state index < -0.39 is 0 Å². The number of hydrogen-bond acceptors (Lipinski definition) is 6. The maximum Gasteiger partial charge on any atom is 0.305 e. The lowest BCUT2D eigenvalue weighted by Crippen LogP contribution is -2.48. The molecule has 8 nitrogen and oxygen atoms in total. The highest BCUT2D eigenvalue weighted by molar-refractivity contribution is 7.80. The number of carbonyl (C=O) groups excluding carboxylic acids is 2. The molecule has 0 spiro atoms. The molecule has 0 bridgehead atoms. The average Bonchev–Trinajstić information content (AvgIpc) is 2.61. The number of esters is 1. The van der Waals surface area contributed by atoms with Crippen LogP contribution >= 0.6 is 12.2 Å². The van der Waals surface area contributed by atoms with E-state index in [9.17, 15) is 9.59 Å². The van der Waals surface area contributed by atoms with Gasteiger partial charge in [-0.25, -0.2) is 0 Å². The molecule has 132 valence electrons. The standard InChI is InChI=1S/C15H21N3O5S/c1-21-11-5-7-12(8-6-11)23-10-13(19)17-18-15(24)16-9-3-4-14(20)22-2/h5-8H,3-4,9-10H2,1-2H3,(H,17,19)(H2,16,18,24). The molecule has 0 aliphatic rings. The Balaban J connectivity index is 2.14. The Bertz CT molecular complexity index is 551. The van der Waals surface area contributed by atoms with E-state index in [1.807, 2.05) is 0 Å². The van der Waals surface area contributed by atoms with Gasteiger partial charge in [-0.15, -0.1) is 0 Å². The van der Waals surface area contributed by atoms with Crippen molar-refractivity contribution < 1.29 is 23.8 Å². The van der Waals surface area contributed by atoms with E-state index in [0.29, 0.717) is 30.9 Å². The van der Waals surface area contributed by atoms with E-state index >= 15 is 0 Å². The lowest BCUT2D eigenvalue weighted by Gasteiger charge is -2.12. The Morgan fingerprint density at radius 1 is 1.08 bits per heavy atom. The highest BCUT2D eigenvalue weighted by Crippen LogP contribution is 2.16. The van der Waals surface area contributed by atoms with Gasteiger partial charge in [0.2, 0.25) is 0 Å². The molecule has 9 heteroatoms. The largest absolute Gasteiger partial charge is 0.497 e. The summed E-state index contributed by atoms with van der Waals surface area (Å²) >= 11 is 4.98. The Hall–Kier alpha value is -2.55. The van der Waals surface area contributed by atoms with Crippen LogP contribution in [0.3, 0.4) is 0 Å². The van der Waals surface area contributed by atoms with Crippen molar-refractivity contribution in [3.05, 3.63) is 24.3 Å². The number of rotatable bonds is 8. The molecular weight excluding hydrogens is 334 g/mol. The minimum absolute atomic E-state index is 0.162. The van der Waals surface area contributed by atoms with Crippen LogP contribution < -0.4 is 25.6 Å². The van der Waals surface area contributed by atoms with Gasteiger partial charge >= 0.3 is 5.97 Å². The van der Waals surface area contributed by atoms with Crippen LogP contribution in [0.1, 0.15) is 12.8 Å². The van der Waals surface area contributed by atoms with Gasteiger partial charge in [-0.05, 0) is 42.9 Å². The second-order valence-corrected chi connectivity index (χ2v) is 4.98. The molecule has 1 aromatic carbocycles. The number of hydrazine groups is 1. The maximum absolute atomic E-state index is 11.6. The summed E-state index contributed by atoms with van der Waals surface area (Å²) in [4.78, 5) is 22.6. The van der Waals surface area contributed by atoms with Crippen LogP contribution in [0, 0.1) is 0 Å². The number of thiocarbonyl (C=S) groups is 1. The second-order valence-electron chi connectivity index (χ2n) is 4.57. The lowest BCUT2D eigenvalue weighted by molar-refractivity contribution is -0.140. The van der Waals surface area contributed by atoms with Crippen molar-refractivity contribution in [1.82, 2.24) is 16.2 Å². The molecule has 0 aliphatic heterocycles. The zero-order chi connectivity index (χ0) is 17.8. The van der Waals surface area contributed by atoms with Crippen molar-refractivity contribution in [3.8, 4) is 11.5 Å². The van der Waals surface area contributed by atoms with E-state index in [-0.39, 0.29) is 23.6 Å². The van der Waals surface area contributed by atoms with Gasteiger partial charge in [0.05, 0.1) is 14.2 Å². The van der Waals surface area contributed by atoms with Crippen molar-refractivity contribution in [1.29, 1.82) is 0 Å². The van der Waals surface area contributed by atoms with Crippen molar-refractivity contribution in [3.63, 3.8) is 0 Å². The highest BCUT2D eigenvalue weighted by atomic mass is 32.1. The van der Waals surface area contributed by atoms with E-state index in [4.69, 9.17) is 21.7 Å². The number of benzene rings is 1. The summed E-state index contributed by atoms with van der Waals surface area (Å²) in [6.07, 6.45) is 0.872. The van der Waals surface area contributed by atoms with E-state index in [0.717, 1.165) is 0 Å². The number of hydrogen-bond donors (Lipinski definition) is 3. The predicted molar refractivity (Wildman–Crippen MR) is 91.6 cm³/mol. The molecule has 0 atom stereocenters. The number of carbonyl (C=O) groups is 2. The minimum atomic E-state index is -0.385. The van der Waals surface area contributed by atoms with Crippen LogP contribution in [0.4, 0.5) is 0 Å². The number of ether oxygens (including phenoxy) is 3. The first-order chi connectivity index (χ1) is 11.5. The predicted octanol–water partition coefficient (Wildman–Crippen LogP) is 0.522. The summed E-state index contributed by atoms with van der Waals surface area (Å²) < 4.78 is 14.9. The van der Waals surface area contributed by atoms with E-state index in [1.54, 1.807) is 31.4 Å². The smallest absolute Gasteiger partial charge is 0.305 e. The number of nitrogens with one attached hydrogen (secondary N) is 3. The van der Waals surface area contributed by atoms with Gasteiger partial charge in [0, 0.05) is 13.0 Å². The minimum Gasteiger partial charge on any atom is -0.497 e. The molecule has 24 heavy (non-hydrogen) atoms. The van der Waals surface area contributed by atoms with Crippen LogP contribution in [0.15, 0.2) is 24.3 Å². The van der Waals surface area contributed by atoms with Crippen LogP contribution in [0.5, 0.6) is 11.5 Å². The summed E-state index contributed by atoms with van der Waals surface area (Å²) in [6.45, 7) is 0.323. The monoisotopic (exact) mass is 355 g/mol. The molecule has 0 unspecified atom stereocenters. The van der Waals surface area contributed by atoms with Gasteiger partial charge in [-0.2, -0.15) is 0 Å². The highest BCUT2D eigenvalue weighted by Gasteiger charge is 2.04. The molecule has 1 amide bonds. The van der Waals surface area contributed by atoms with E-state index in [1.165, 1.54) is 7.11 Å². The van der Waals surface area contributed by atoms with Gasteiger partial charge < -0.3 is 19.5 Å². The van der Waals surface area contributed by atoms with Gasteiger partial charge in [0.15, 0.2) is 11.7 Å². The molecule has 0 aromatic heterocycles. The Labute approximate surface area is 145 Å². The molecule has 0 fully saturated rings. The number of methoxy groups -OCH3 is 2. The fourth-order valence-corrected chi connectivity index (χ4v) is 1.72. The van der Waals surface area contributed by atoms with Crippen molar-refractivity contribution >= 4 is 29.2 Å². The third kappa shape index (κ3) is 8.18. The van der Waals surface area contributed by atoms with Gasteiger partial charge in [-0.3, -0.25) is 20.4 Å². The Morgan fingerprint density at radius 3 is 2.38 bits per heavy atom. The summed E-state index contributed by atoms with van der Waals surface area (Å²) in [5.41, 5.74) is 4.95. The summed E-state index contributed by atoms with van der Waals surface area (Å²) in [5.74, 6) is 0.593. The number of amides is 1. The Morgan fingerprint density at radius 2 is 1.75 bits per heavy atom. The molecule has 0 radical (unpaired) electrons. The SMILES string of the molecule is COC(=O)CCCNC(=S)NNC(=O)COc1ccc(OC)cc1. The molecular formula is C15H21N3O5S. The molecule has 0 heterocycles. The first-order valence-electron chi connectivity index (χ1n) is 7.21. The maximum atomic E-state index is 11.6. The van der Waals surface area contributed by atoms with Crippen molar-refractivity contribution in [2.24, 2.45) is 0 Å². The van der Waals surface area contributed by atoms with Crippen LogP contribution in [0.25, 0.3) is 0 Å². The zero-order valence-electron chi connectivity index (χ0n) is 13.6. The third-order valence-corrected chi connectivity index (χ3v) is 3.06. The second kappa shape index (κ2) is 11.1. The molecule has 0 aliphatic carbocycles. The zero-order valence-corrected chi connectivity index (χ0v) is 14.4. The molecule has 1 aromatic rings. The topological polar surface area (TPSA) is 97.9 Å². The first kappa shape index (κ1) is 19.5. The van der Waals surface area contributed by atoms with Crippen LogP contribution in [-0.4, -0.2) is 44.4 Å². The summed E-state index contributed by atoms with van der Waals surface area (Å²) in [5, 5.41) is 3.09. The lowest BCUT2D eigenvalue weighted by atomic mass is 10.3. The molecule has 0 saturated heterocycles. The first-order valence-corrected chi connectivity index (χ1v) is 7.62. The van der Waals surface area contributed by atoms with Gasteiger partial charge in [0.25, 0.3) is 5.91 Å². The Kier molecular flexibility index (Phi) is 8.98. The normalized spacial score (nSPS) is 9.58. The van der Waals surface area contributed by atoms with Crippen LogP contribution in [-0.2, 0) is 14.3 Å². The molecule has 0 saturated carbocycles.